The van der Waals surface area contributed by atoms with Gasteiger partial charge < -0.3 is 5.32 Å². The quantitative estimate of drug-likeness (QED) is 0.842. The molecule has 1 aliphatic rings. The van der Waals surface area contributed by atoms with Gasteiger partial charge in [0.2, 0.25) is 0 Å². The summed E-state index contributed by atoms with van der Waals surface area (Å²) in [4.78, 5) is 0. The van der Waals surface area contributed by atoms with Crippen LogP contribution in [0.1, 0.15) is 37.3 Å². The summed E-state index contributed by atoms with van der Waals surface area (Å²) in [6.07, 6.45) is 0.837. The smallest absolute Gasteiger partial charge is 0.310 e. The van der Waals surface area contributed by atoms with Gasteiger partial charge >= 0.3 is 6.18 Å². The molecular weight excluding hydrogens is 251 g/mol. The van der Waals surface area contributed by atoms with Crippen LogP contribution in [0.2, 0.25) is 0 Å². The van der Waals surface area contributed by atoms with Crippen LogP contribution in [0.4, 0.5) is 13.2 Å². The van der Waals surface area contributed by atoms with Crippen molar-refractivity contribution in [3.63, 3.8) is 0 Å². The summed E-state index contributed by atoms with van der Waals surface area (Å²) in [6.45, 7) is 2.78. The van der Waals surface area contributed by atoms with Crippen LogP contribution in [0.5, 0.6) is 0 Å². The molecule has 0 amide bonds. The van der Waals surface area contributed by atoms with Crippen molar-refractivity contribution >= 4 is 6.08 Å². The molecule has 0 aliphatic heterocycles. The van der Waals surface area contributed by atoms with Crippen LogP contribution >= 0.6 is 0 Å². The average molecular weight is 269 g/mol. The van der Waals surface area contributed by atoms with E-state index in [9.17, 15) is 13.2 Å². The van der Waals surface area contributed by atoms with Crippen LogP contribution in [0.15, 0.2) is 29.8 Å². The number of nitrogens with one attached hydrogen (secondary N) is 1. The van der Waals surface area contributed by atoms with Gasteiger partial charge in [-0.15, -0.1) is 0 Å². The van der Waals surface area contributed by atoms with E-state index in [0.29, 0.717) is 11.6 Å². The van der Waals surface area contributed by atoms with E-state index in [1.165, 1.54) is 25.0 Å². The van der Waals surface area contributed by atoms with Crippen molar-refractivity contribution in [1.82, 2.24) is 5.32 Å². The highest BCUT2D eigenvalue weighted by Crippen LogP contribution is 2.30. The summed E-state index contributed by atoms with van der Waals surface area (Å²) < 4.78 is 37.8. The van der Waals surface area contributed by atoms with Gasteiger partial charge in [0.25, 0.3) is 0 Å². The highest BCUT2D eigenvalue weighted by molar-refractivity contribution is 5.54. The van der Waals surface area contributed by atoms with E-state index in [4.69, 9.17) is 0 Å². The minimum atomic E-state index is -4.28. The van der Waals surface area contributed by atoms with Crippen LogP contribution in [0.25, 0.3) is 6.08 Å². The maximum Gasteiger partial charge on any atom is 0.416 e. The molecule has 19 heavy (non-hydrogen) atoms. The molecule has 0 heterocycles. The lowest BCUT2D eigenvalue weighted by atomic mass is 10.1. The molecule has 1 saturated carbocycles. The molecule has 0 unspecified atom stereocenters. The minimum Gasteiger partial charge on any atom is -0.310 e. The van der Waals surface area contributed by atoms with Crippen LogP contribution < -0.4 is 5.32 Å². The van der Waals surface area contributed by atoms with E-state index in [1.807, 2.05) is 13.0 Å². The molecule has 4 heteroatoms. The second-order valence-electron chi connectivity index (χ2n) is 4.93. The van der Waals surface area contributed by atoms with E-state index in [2.05, 4.69) is 5.32 Å². The Morgan fingerprint density at radius 2 is 2.11 bits per heavy atom. The Morgan fingerprint density at radius 3 is 2.68 bits per heavy atom. The van der Waals surface area contributed by atoms with Crippen LogP contribution in [-0.2, 0) is 6.18 Å². The van der Waals surface area contributed by atoms with Crippen molar-refractivity contribution in [3.8, 4) is 0 Å². The third kappa shape index (κ3) is 4.39. The van der Waals surface area contributed by atoms with Crippen LogP contribution in [0.3, 0.4) is 0 Å². The zero-order valence-corrected chi connectivity index (χ0v) is 10.9. The first-order chi connectivity index (χ1) is 8.99. The van der Waals surface area contributed by atoms with Gasteiger partial charge in [0.1, 0.15) is 0 Å². The molecule has 0 aromatic heterocycles. The van der Waals surface area contributed by atoms with E-state index < -0.39 is 11.7 Å². The molecule has 1 aromatic carbocycles. The monoisotopic (exact) mass is 269 g/mol. The highest BCUT2D eigenvalue weighted by atomic mass is 19.4. The molecule has 1 N–H and O–H groups in total. The van der Waals surface area contributed by atoms with Gasteiger partial charge in [-0.05, 0) is 37.0 Å². The van der Waals surface area contributed by atoms with Crippen molar-refractivity contribution in [3.05, 3.63) is 41.0 Å². The second-order valence-corrected chi connectivity index (χ2v) is 4.93. The fraction of sp³-hybridized carbons (Fsp3) is 0.467. The molecule has 104 valence electrons. The van der Waals surface area contributed by atoms with E-state index >= 15 is 0 Å². The standard InChI is InChI=1S/C15H18F3N/c1-2-11(10-19-14-6-7-14)8-12-4-3-5-13(9-12)15(16,17)18/h3-5,8-9,14,19H,2,6-7,10H2,1H3. The van der Waals surface area contributed by atoms with Gasteiger partial charge in [0.15, 0.2) is 0 Å². The highest BCUT2D eigenvalue weighted by Gasteiger charge is 2.30. The lowest BCUT2D eigenvalue weighted by molar-refractivity contribution is -0.137. The van der Waals surface area contributed by atoms with E-state index in [1.54, 1.807) is 6.07 Å². The molecule has 1 fully saturated rings. The topological polar surface area (TPSA) is 12.0 Å². The first-order valence-electron chi connectivity index (χ1n) is 6.59. The zero-order chi connectivity index (χ0) is 13.9. The van der Waals surface area contributed by atoms with Crippen molar-refractivity contribution in [2.45, 2.75) is 38.4 Å². The summed E-state index contributed by atoms with van der Waals surface area (Å²) in [6, 6.07) is 6.08. The Bertz CT molecular complexity index is 459. The van der Waals surface area contributed by atoms with Gasteiger partial charge in [-0.1, -0.05) is 30.7 Å². The van der Waals surface area contributed by atoms with Crippen molar-refractivity contribution < 1.29 is 13.2 Å². The van der Waals surface area contributed by atoms with E-state index in [0.717, 1.165) is 24.6 Å². The fourth-order valence-corrected chi connectivity index (χ4v) is 1.88. The number of halogens is 3. The average Bonchev–Trinajstić information content (AvgIpc) is 3.18. The Kier molecular flexibility index (Phi) is 4.30. The molecule has 0 saturated heterocycles. The Morgan fingerprint density at radius 1 is 1.37 bits per heavy atom. The first-order valence-corrected chi connectivity index (χ1v) is 6.59. The third-order valence-electron chi connectivity index (χ3n) is 3.23. The van der Waals surface area contributed by atoms with Gasteiger partial charge in [0, 0.05) is 12.6 Å². The van der Waals surface area contributed by atoms with E-state index in [-0.39, 0.29) is 0 Å². The summed E-state index contributed by atoms with van der Waals surface area (Å²) in [5.74, 6) is 0. The predicted octanol–water partition coefficient (Wildman–Crippen LogP) is 4.25. The number of hydrogen-bond acceptors (Lipinski definition) is 1. The lowest BCUT2D eigenvalue weighted by Crippen LogP contribution is -2.18. The zero-order valence-electron chi connectivity index (χ0n) is 10.9. The molecule has 0 spiro atoms. The normalized spacial score (nSPS) is 16.7. The van der Waals surface area contributed by atoms with Gasteiger partial charge in [-0.3, -0.25) is 0 Å². The Hall–Kier alpha value is -1.29. The molecule has 0 radical (unpaired) electrons. The van der Waals surface area contributed by atoms with Crippen LogP contribution in [0, 0.1) is 0 Å². The third-order valence-corrected chi connectivity index (χ3v) is 3.23. The second kappa shape index (κ2) is 5.78. The number of benzene rings is 1. The van der Waals surface area contributed by atoms with Crippen molar-refractivity contribution in [1.29, 1.82) is 0 Å². The van der Waals surface area contributed by atoms with Gasteiger partial charge in [-0.25, -0.2) is 0 Å². The van der Waals surface area contributed by atoms with Crippen LogP contribution in [-0.4, -0.2) is 12.6 Å². The molecule has 2 rings (SSSR count). The fourth-order valence-electron chi connectivity index (χ4n) is 1.88. The number of hydrogen-bond donors (Lipinski definition) is 1. The maximum atomic E-state index is 12.6. The molecule has 0 atom stereocenters. The summed E-state index contributed by atoms with van der Waals surface area (Å²) in [5.41, 5.74) is 1.15. The number of rotatable bonds is 5. The SMILES string of the molecule is CCC(=Cc1cccc(C(F)(F)F)c1)CNC1CC1. The summed E-state index contributed by atoms with van der Waals surface area (Å²) in [5, 5.41) is 3.38. The van der Waals surface area contributed by atoms with Gasteiger partial charge in [0.05, 0.1) is 5.56 Å². The Balaban J connectivity index is 2.10. The van der Waals surface area contributed by atoms with Gasteiger partial charge in [-0.2, -0.15) is 13.2 Å². The number of alkyl halides is 3. The maximum absolute atomic E-state index is 12.6. The summed E-state index contributed by atoms with van der Waals surface area (Å²) in [7, 11) is 0. The molecule has 1 aliphatic carbocycles. The molecular formula is C15H18F3N. The molecule has 1 aromatic rings. The van der Waals surface area contributed by atoms with Crippen molar-refractivity contribution in [2.24, 2.45) is 0 Å². The largest absolute Gasteiger partial charge is 0.416 e. The first kappa shape index (κ1) is 14.1. The van der Waals surface area contributed by atoms with Crippen molar-refractivity contribution in [2.75, 3.05) is 6.54 Å². The Labute approximate surface area is 111 Å². The lowest BCUT2D eigenvalue weighted by Gasteiger charge is -2.09. The molecule has 1 nitrogen and oxygen atoms in total. The minimum absolute atomic E-state index is 0.591. The summed E-state index contributed by atoms with van der Waals surface area (Å²) >= 11 is 0. The predicted molar refractivity (Wildman–Crippen MR) is 70.7 cm³/mol. The molecule has 0 bridgehead atoms.